The molecule has 2 aromatic carbocycles. The van der Waals surface area contributed by atoms with E-state index in [0.717, 1.165) is 24.1 Å². The molecule has 116 valence electrons. The van der Waals surface area contributed by atoms with Gasteiger partial charge in [0.05, 0.1) is 10.5 Å². The highest BCUT2D eigenvalue weighted by atomic mass is 32.2. The molecule has 0 saturated carbocycles. The molecule has 0 heterocycles. The predicted octanol–water partition coefficient (Wildman–Crippen LogP) is 4.57. The lowest BCUT2D eigenvalue weighted by Crippen LogP contribution is -2.21. The van der Waals surface area contributed by atoms with Crippen LogP contribution in [0.1, 0.15) is 38.3 Å². The maximum Gasteiger partial charge on any atom is 0.145 e. The number of aryl methyl sites for hydroxylation is 1. The van der Waals surface area contributed by atoms with Gasteiger partial charge in [0.2, 0.25) is 0 Å². The van der Waals surface area contributed by atoms with Crippen molar-refractivity contribution in [3.05, 3.63) is 71.8 Å². The summed E-state index contributed by atoms with van der Waals surface area (Å²) in [6.45, 7) is 5.85. The summed E-state index contributed by atoms with van der Waals surface area (Å²) in [6, 6.07) is 20.4. The normalized spacial score (nSPS) is 13.9. The standard InChI is InChI=1S/C19H23NOS/c1-19(2,3)22(21)20-18(17-12-8-5-9-13-17)15-14-16-10-6-4-7-11-16/h4-13H,14-15H2,1-3H3/b20-18+/t22-/m1/s1. The largest absolute Gasteiger partial charge is 0.234 e. The van der Waals surface area contributed by atoms with Gasteiger partial charge in [0, 0.05) is 0 Å². The van der Waals surface area contributed by atoms with Crippen molar-refractivity contribution in [3.8, 4) is 0 Å². The second-order valence-corrected chi connectivity index (χ2v) is 8.16. The van der Waals surface area contributed by atoms with Gasteiger partial charge in [-0.2, -0.15) is 4.40 Å². The van der Waals surface area contributed by atoms with E-state index in [-0.39, 0.29) is 4.75 Å². The van der Waals surface area contributed by atoms with Gasteiger partial charge in [-0.3, -0.25) is 0 Å². The van der Waals surface area contributed by atoms with Crippen LogP contribution in [0.4, 0.5) is 0 Å². The minimum Gasteiger partial charge on any atom is -0.234 e. The zero-order valence-electron chi connectivity index (χ0n) is 13.5. The highest BCUT2D eigenvalue weighted by Crippen LogP contribution is 2.16. The Labute approximate surface area is 135 Å². The lowest BCUT2D eigenvalue weighted by molar-refractivity contribution is 0.650. The molecular formula is C19H23NOS. The summed E-state index contributed by atoms with van der Waals surface area (Å²) in [5, 5.41) is 0. The second-order valence-electron chi connectivity index (χ2n) is 6.25. The van der Waals surface area contributed by atoms with Crippen LogP contribution in [0.25, 0.3) is 0 Å². The molecule has 0 unspecified atom stereocenters. The van der Waals surface area contributed by atoms with Crippen LogP contribution in [0.2, 0.25) is 0 Å². The lowest BCUT2D eigenvalue weighted by Gasteiger charge is -2.15. The number of hydrogen-bond acceptors (Lipinski definition) is 1. The van der Waals surface area contributed by atoms with E-state index in [1.165, 1.54) is 5.56 Å². The quantitative estimate of drug-likeness (QED) is 0.743. The van der Waals surface area contributed by atoms with Gasteiger partial charge >= 0.3 is 0 Å². The SMILES string of the molecule is CC(C)(C)[S@@](=O)/N=C(\CCc1ccccc1)c1ccccc1. The Balaban J connectivity index is 2.23. The van der Waals surface area contributed by atoms with Crippen molar-refractivity contribution in [2.24, 2.45) is 4.40 Å². The Morgan fingerprint density at radius 2 is 1.50 bits per heavy atom. The fraction of sp³-hybridized carbons (Fsp3) is 0.316. The van der Waals surface area contributed by atoms with Crippen LogP contribution in [-0.2, 0) is 17.4 Å². The molecule has 3 heteroatoms. The first-order valence-corrected chi connectivity index (χ1v) is 8.66. The van der Waals surface area contributed by atoms with Gasteiger partial charge in [-0.05, 0) is 44.7 Å². The first-order valence-electron chi connectivity index (χ1n) is 7.56. The fourth-order valence-corrected chi connectivity index (χ4v) is 2.69. The molecule has 0 radical (unpaired) electrons. The van der Waals surface area contributed by atoms with Crippen LogP contribution < -0.4 is 0 Å². The van der Waals surface area contributed by atoms with Crippen LogP contribution in [0.15, 0.2) is 65.1 Å². The van der Waals surface area contributed by atoms with E-state index in [1.807, 2.05) is 69.3 Å². The summed E-state index contributed by atoms with van der Waals surface area (Å²) in [6.07, 6.45) is 1.69. The fourth-order valence-electron chi connectivity index (χ4n) is 2.02. The van der Waals surface area contributed by atoms with E-state index >= 15 is 0 Å². The average molecular weight is 313 g/mol. The molecule has 22 heavy (non-hydrogen) atoms. The highest BCUT2D eigenvalue weighted by molar-refractivity contribution is 7.85. The Morgan fingerprint density at radius 1 is 0.955 bits per heavy atom. The van der Waals surface area contributed by atoms with Crippen molar-refractivity contribution >= 4 is 16.7 Å². The highest BCUT2D eigenvalue weighted by Gasteiger charge is 2.20. The van der Waals surface area contributed by atoms with Crippen molar-refractivity contribution < 1.29 is 4.21 Å². The number of rotatable bonds is 5. The average Bonchev–Trinajstić information content (AvgIpc) is 2.52. The minimum absolute atomic E-state index is 0.340. The van der Waals surface area contributed by atoms with Crippen LogP contribution in [-0.4, -0.2) is 14.7 Å². The number of nitrogens with zero attached hydrogens (tertiary/aromatic N) is 1. The van der Waals surface area contributed by atoms with E-state index in [0.29, 0.717) is 0 Å². The molecule has 0 fully saturated rings. The van der Waals surface area contributed by atoms with Crippen molar-refractivity contribution in [1.82, 2.24) is 0 Å². The molecule has 0 saturated heterocycles. The molecule has 0 aliphatic rings. The summed E-state index contributed by atoms with van der Waals surface area (Å²) in [7, 11) is -1.24. The Bertz CT molecular complexity index is 642. The molecule has 0 aliphatic heterocycles. The summed E-state index contributed by atoms with van der Waals surface area (Å²) in [5.74, 6) is 0. The van der Waals surface area contributed by atoms with Gasteiger partial charge in [-0.25, -0.2) is 4.21 Å². The summed E-state index contributed by atoms with van der Waals surface area (Å²) in [4.78, 5) is 0. The van der Waals surface area contributed by atoms with Crippen molar-refractivity contribution in [2.75, 3.05) is 0 Å². The molecule has 2 nitrogen and oxygen atoms in total. The first-order chi connectivity index (χ1) is 10.5. The molecule has 0 spiro atoms. The zero-order valence-corrected chi connectivity index (χ0v) is 14.3. The Hall–Kier alpha value is -1.74. The van der Waals surface area contributed by atoms with Crippen molar-refractivity contribution in [2.45, 2.75) is 38.4 Å². The van der Waals surface area contributed by atoms with E-state index in [1.54, 1.807) is 0 Å². The second kappa shape index (κ2) is 7.50. The van der Waals surface area contributed by atoms with Gasteiger partial charge in [0.25, 0.3) is 0 Å². The summed E-state index contributed by atoms with van der Waals surface area (Å²) < 4.78 is 16.6. The van der Waals surface area contributed by atoms with Crippen molar-refractivity contribution in [3.63, 3.8) is 0 Å². The Kier molecular flexibility index (Phi) is 5.67. The minimum atomic E-state index is -1.24. The molecule has 0 aromatic heterocycles. The maximum atomic E-state index is 12.4. The molecule has 0 aliphatic carbocycles. The van der Waals surface area contributed by atoms with Crippen LogP contribution in [0, 0.1) is 0 Å². The molecular weight excluding hydrogens is 290 g/mol. The van der Waals surface area contributed by atoms with Crippen LogP contribution in [0.3, 0.4) is 0 Å². The molecule has 2 rings (SSSR count). The summed E-state index contributed by atoms with van der Waals surface area (Å²) in [5.41, 5.74) is 3.24. The molecule has 0 N–H and O–H groups in total. The van der Waals surface area contributed by atoms with Gasteiger partial charge in [-0.1, -0.05) is 60.7 Å². The third-order valence-electron chi connectivity index (χ3n) is 3.32. The smallest absolute Gasteiger partial charge is 0.145 e. The van der Waals surface area contributed by atoms with Crippen LogP contribution in [0.5, 0.6) is 0 Å². The van der Waals surface area contributed by atoms with Crippen LogP contribution >= 0.6 is 0 Å². The number of benzene rings is 2. The number of hydrogen-bond donors (Lipinski definition) is 0. The molecule has 2 aromatic rings. The molecule has 0 bridgehead atoms. The Morgan fingerprint density at radius 3 is 2.05 bits per heavy atom. The van der Waals surface area contributed by atoms with Gasteiger partial charge in [-0.15, -0.1) is 0 Å². The van der Waals surface area contributed by atoms with E-state index < -0.39 is 11.0 Å². The van der Waals surface area contributed by atoms with Gasteiger partial charge < -0.3 is 0 Å². The zero-order chi connectivity index (χ0) is 16.0. The van der Waals surface area contributed by atoms with Crippen molar-refractivity contribution in [1.29, 1.82) is 0 Å². The predicted molar refractivity (Wildman–Crippen MR) is 95.6 cm³/mol. The van der Waals surface area contributed by atoms with Gasteiger partial charge in [0.1, 0.15) is 11.0 Å². The van der Waals surface area contributed by atoms with E-state index in [4.69, 9.17) is 0 Å². The molecule has 1 atom stereocenters. The van der Waals surface area contributed by atoms with E-state index in [2.05, 4.69) is 16.5 Å². The first kappa shape index (κ1) is 16.6. The monoisotopic (exact) mass is 313 g/mol. The molecule has 0 amide bonds. The maximum absolute atomic E-state index is 12.4. The third kappa shape index (κ3) is 4.92. The summed E-state index contributed by atoms with van der Waals surface area (Å²) >= 11 is 0. The van der Waals surface area contributed by atoms with E-state index in [9.17, 15) is 4.21 Å². The third-order valence-corrected chi connectivity index (χ3v) is 4.75. The lowest BCUT2D eigenvalue weighted by atomic mass is 10.0. The topological polar surface area (TPSA) is 29.4 Å². The van der Waals surface area contributed by atoms with Gasteiger partial charge in [0.15, 0.2) is 0 Å².